The van der Waals surface area contributed by atoms with Crippen LogP contribution in [-0.2, 0) is 6.42 Å². The van der Waals surface area contributed by atoms with E-state index in [0.29, 0.717) is 0 Å². The number of aryl methyl sites for hydroxylation is 2. The standard InChI is InChI=1S/C12H14BrN3/c1-3-5-10-14-12(16-15-10)9-7-4-6-8(2)11(9)13/h4,6-7H,3,5H2,1-2H3,(H,14,15,16). The zero-order chi connectivity index (χ0) is 11.5. The van der Waals surface area contributed by atoms with E-state index in [1.807, 2.05) is 12.1 Å². The minimum Gasteiger partial charge on any atom is -0.263 e. The molecule has 0 aliphatic heterocycles. The fourth-order valence-corrected chi connectivity index (χ4v) is 2.03. The van der Waals surface area contributed by atoms with Crippen molar-refractivity contribution in [3.05, 3.63) is 34.1 Å². The molecule has 1 aromatic heterocycles. The Labute approximate surface area is 103 Å². The monoisotopic (exact) mass is 279 g/mol. The molecule has 1 aromatic carbocycles. The maximum absolute atomic E-state index is 4.48. The summed E-state index contributed by atoms with van der Waals surface area (Å²) in [4.78, 5) is 4.48. The first-order valence-electron chi connectivity index (χ1n) is 5.39. The Bertz CT molecular complexity index is 491. The molecule has 4 heteroatoms. The van der Waals surface area contributed by atoms with E-state index >= 15 is 0 Å². The second-order valence-corrected chi connectivity index (χ2v) is 4.59. The number of aromatic nitrogens is 3. The maximum atomic E-state index is 4.48. The largest absolute Gasteiger partial charge is 0.263 e. The normalized spacial score (nSPS) is 10.7. The average Bonchev–Trinajstić information content (AvgIpc) is 2.71. The fourth-order valence-electron chi connectivity index (χ4n) is 1.58. The van der Waals surface area contributed by atoms with Gasteiger partial charge in [0.05, 0.1) is 0 Å². The van der Waals surface area contributed by atoms with Crippen molar-refractivity contribution in [3.8, 4) is 11.4 Å². The topological polar surface area (TPSA) is 41.6 Å². The SMILES string of the molecule is CCCc1nc(-c2cccc(C)c2Br)n[nH]1. The van der Waals surface area contributed by atoms with E-state index in [4.69, 9.17) is 0 Å². The Morgan fingerprint density at radius 1 is 1.38 bits per heavy atom. The van der Waals surface area contributed by atoms with E-state index in [1.165, 1.54) is 5.56 Å². The van der Waals surface area contributed by atoms with Crippen LogP contribution in [0.2, 0.25) is 0 Å². The average molecular weight is 280 g/mol. The van der Waals surface area contributed by atoms with Gasteiger partial charge in [0, 0.05) is 16.5 Å². The van der Waals surface area contributed by atoms with Crippen LogP contribution in [0, 0.1) is 6.92 Å². The molecule has 84 valence electrons. The molecular weight excluding hydrogens is 266 g/mol. The van der Waals surface area contributed by atoms with Crippen molar-refractivity contribution in [3.63, 3.8) is 0 Å². The van der Waals surface area contributed by atoms with Crippen LogP contribution in [0.4, 0.5) is 0 Å². The van der Waals surface area contributed by atoms with Crippen molar-refractivity contribution in [2.75, 3.05) is 0 Å². The van der Waals surface area contributed by atoms with Crippen LogP contribution in [0.5, 0.6) is 0 Å². The minimum atomic E-state index is 0.763. The summed E-state index contributed by atoms with van der Waals surface area (Å²) in [5, 5.41) is 7.21. The molecule has 0 spiro atoms. The zero-order valence-corrected chi connectivity index (χ0v) is 11.0. The molecule has 3 nitrogen and oxygen atoms in total. The molecule has 0 aliphatic carbocycles. The number of hydrogen-bond acceptors (Lipinski definition) is 2. The highest BCUT2D eigenvalue weighted by molar-refractivity contribution is 9.10. The van der Waals surface area contributed by atoms with Gasteiger partial charge in [-0.1, -0.05) is 19.1 Å². The van der Waals surface area contributed by atoms with Crippen LogP contribution in [0.1, 0.15) is 24.7 Å². The summed E-state index contributed by atoms with van der Waals surface area (Å²) in [6.45, 7) is 4.19. The number of rotatable bonds is 3. The summed E-state index contributed by atoms with van der Waals surface area (Å²) >= 11 is 3.57. The number of H-pyrrole nitrogens is 1. The Morgan fingerprint density at radius 2 is 2.19 bits per heavy atom. The van der Waals surface area contributed by atoms with Crippen molar-refractivity contribution in [1.82, 2.24) is 15.2 Å². The third kappa shape index (κ3) is 2.16. The molecule has 0 saturated heterocycles. The van der Waals surface area contributed by atoms with Gasteiger partial charge >= 0.3 is 0 Å². The molecular formula is C12H14BrN3. The van der Waals surface area contributed by atoms with Crippen LogP contribution in [0.15, 0.2) is 22.7 Å². The first-order valence-corrected chi connectivity index (χ1v) is 6.18. The van der Waals surface area contributed by atoms with Crippen LogP contribution >= 0.6 is 15.9 Å². The quantitative estimate of drug-likeness (QED) is 0.935. The predicted octanol–water partition coefficient (Wildman–Crippen LogP) is 3.50. The van der Waals surface area contributed by atoms with E-state index in [0.717, 1.165) is 34.5 Å². The lowest BCUT2D eigenvalue weighted by atomic mass is 10.1. The summed E-state index contributed by atoms with van der Waals surface area (Å²) in [6.07, 6.45) is 2.01. The Kier molecular flexibility index (Phi) is 3.39. The molecule has 1 heterocycles. The lowest BCUT2D eigenvalue weighted by molar-refractivity contribution is 0.841. The molecule has 0 fully saturated rings. The second kappa shape index (κ2) is 4.78. The molecule has 0 amide bonds. The summed E-state index contributed by atoms with van der Waals surface area (Å²) in [6, 6.07) is 6.11. The molecule has 0 atom stereocenters. The van der Waals surface area contributed by atoms with E-state index in [-0.39, 0.29) is 0 Å². The summed E-state index contributed by atoms with van der Waals surface area (Å²) in [7, 11) is 0. The Morgan fingerprint density at radius 3 is 2.94 bits per heavy atom. The summed E-state index contributed by atoms with van der Waals surface area (Å²) in [5.74, 6) is 1.71. The molecule has 0 unspecified atom stereocenters. The van der Waals surface area contributed by atoms with Gasteiger partial charge in [0.1, 0.15) is 5.82 Å². The molecule has 0 radical (unpaired) electrons. The lowest BCUT2D eigenvalue weighted by Gasteiger charge is -2.02. The van der Waals surface area contributed by atoms with Gasteiger partial charge in [0.25, 0.3) is 0 Å². The predicted molar refractivity (Wildman–Crippen MR) is 68.3 cm³/mol. The van der Waals surface area contributed by atoms with E-state index in [2.05, 4.69) is 51.0 Å². The third-order valence-corrected chi connectivity index (χ3v) is 3.50. The molecule has 2 rings (SSSR count). The number of nitrogens with zero attached hydrogens (tertiary/aromatic N) is 2. The van der Waals surface area contributed by atoms with Gasteiger partial charge < -0.3 is 0 Å². The van der Waals surface area contributed by atoms with Gasteiger partial charge in [-0.2, -0.15) is 5.10 Å². The zero-order valence-electron chi connectivity index (χ0n) is 9.42. The summed E-state index contributed by atoms with van der Waals surface area (Å²) < 4.78 is 1.07. The first-order chi connectivity index (χ1) is 7.72. The van der Waals surface area contributed by atoms with Crippen LogP contribution in [0.25, 0.3) is 11.4 Å². The molecule has 2 aromatic rings. The smallest absolute Gasteiger partial charge is 0.182 e. The number of nitrogens with one attached hydrogen (secondary N) is 1. The van der Waals surface area contributed by atoms with Crippen molar-refractivity contribution in [2.45, 2.75) is 26.7 Å². The number of aromatic amines is 1. The van der Waals surface area contributed by atoms with E-state index in [1.54, 1.807) is 0 Å². The number of benzene rings is 1. The number of hydrogen-bond donors (Lipinski definition) is 1. The van der Waals surface area contributed by atoms with Gasteiger partial charge in [-0.3, -0.25) is 5.10 Å². The highest BCUT2D eigenvalue weighted by Gasteiger charge is 2.09. The molecule has 0 saturated carbocycles. The van der Waals surface area contributed by atoms with Gasteiger partial charge in [0.15, 0.2) is 5.82 Å². The van der Waals surface area contributed by atoms with Gasteiger partial charge in [-0.25, -0.2) is 4.98 Å². The van der Waals surface area contributed by atoms with Gasteiger partial charge in [-0.05, 0) is 40.9 Å². The lowest BCUT2D eigenvalue weighted by Crippen LogP contribution is -1.87. The van der Waals surface area contributed by atoms with Crippen LogP contribution < -0.4 is 0 Å². The van der Waals surface area contributed by atoms with Crippen molar-refractivity contribution >= 4 is 15.9 Å². The molecule has 0 aliphatic rings. The Balaban J connectivity index is 2.39. The number of halogens is 1. The summed E-state index contributed by atoms with van der Waals surface area (Å²) in [5.41, 5.74) is 2.23. The van der Waals surface area contributed by atoms with Gasteiger partial charge in [0.2, 0.25) is 0 Å². The van der Waals surface area contributed by atoms with Crippen molar-refractivity contribution in [2.24, 2.45) is 0 Å². The van der Waals surface area contributed by atoms with Crippen molar-refractivity contribution in [1.29, 1.82) is 0 Å². The molecule has 0 bridgehead atoms. The van der Waals surface area contributed by atoms with Crippen molar-refractivity contribution < 1.29 is 0 Å². The van der Waals surface area contributed by atoms with Crippen LogP contribution in [0.3, 0.4) is 0 Å². The minimum absolute atomic E-state index is 0.763. The van der Waals surface area contributed by atoms with E-state index in [9.17, 15) is 0 Å². The highest BCUT2D eigenvalue weighted by atomic mass is 79.9. The van der Waals surface area contributed by atoms with Crippen LogP contribution in [-0.4, -0.2) is 15.2 Å². The fraction of sp³-hybridized carbons (Fsp3) is 0.333. The highest BCUT2D eigenvalue weighted by Crippen LogP contribution is 2.28. The maximum Gasteiger partial charge on any atom is 0.182 e. The van der Waals surface area contributed by atoms with E-state index < -0.39 is 0 Å². The first kappa shape index (κ1) is 11.3. The Hall–Kier alpha value is -1.16. The third-order valence-electron chi connectivity index (χ3n) is 2.45. The molecule has 16 heavy (non-hydrogen) atoms. The van der Waals surface area contributed by atoms with Gasteiger partial charge in [-0.15, -0.1) is 0 Å². The second-order valence-electron chi connectivity index (χ2n) is 3.79. The molecule has 1 N–H and O–H groups in total.